The van der Waals surface area contributed by atoms with Gasteiger partial charge >= 0.3 is 0 Å². The first-order chi connectivity index (χ1) is 9.11. The van der Waals surface area contributed by atoms with Crippen molar-refractivity contribution in [3.8, 4) is 0 Å². The van der Waals surface area contributed by atoms with Crippen LogP contribution in [0.1, 0.15) is 65.2 Å². The SMILES string of the molecule is CC1CCCC(SCCCC(C)(CO)NC2CC2)C1. The molecule has 0 saturated heterocycles. The van der Waals surface area contributed by atoms with E-state index in [2.05, 4.69) is 30.9 Å². The summed E-state index contributed by atoms with van der Waals surface area (Å²) in [7, 11) is 0. The summed E-state index contributed by atoms with van der Waals surface area (Å²) in [5.41, 5.74) is -0.0401. The maximum Gasteiger partial charge on any atom is 0.0610 e. The molecule has 19 heavy (non-hydrogen) atoms. The number of nitrogens with one attached hydrogen (secondary N) is 1. The molecule has 3 atom stereocenters. The fourth-order valence-electron chi connectivity index (χ4n) is 3.16. The maximum absolute atomic E-state index is 9.58. The fraction of sp³-hybridized carbons (Fsp3) is 1.00. The molecule has 0 aliphatic heterocycles. The summed E-state index contributed by atoms with van der Waals surface area (Å²) in [5, 5.41) is 14.1. The molecule has 2 rings (SSSR count). The molecule has 0 amide bonds. The Kier molecular flexibility index (Phi) is 6.04. The van der Waals surface area contributed by atoms with Crippen LogP contribution < -0.4 is 5.32 Å². The van der Waals surface area contributed by atoms with Gasteiger partial charge in [-0.25, -0.2) is 0 Å². The van der Waals surface area contributed by atoms with Crippen molar-refractivity contribution >= 4 is 11.8 Å². The second kappa shape index (κ2) is 7.33. The Morgan fingerprint density at radius 1 is 1.26 bits per heavy atom. The van der Waals surface area contributed by atoms with Gasteiger partial charge in [-0.2, -0.15) is 11.8 Å². The van der Waals surface area contributed by atoms with Crippen molar-refractivity contribution in [2.45, 2.75) is 82.0 Å². The molecule has 2 saturated carbocycles. The van der Waals surface area contributed by atoms with Crippen LogP contribution in [0.15, 0.2) is 0 Å². The quantitative estimate of drug-likeness (QED) is 0.669. The summed E-state index contributed by atoms with van der Waals surface area (Å²) in [4.78, 5) is 0. The van der Waals surface area contributed by atoms with E-state index < -0.39 is 0 Å². The van der Waals surface area contributed by atoms with Crippen molar-refractivity contribution in [1.82, 2.24) is 5.32 Å². The van der Waals surface area contributed by atoms with Crippen LogP contribution in [0.5, 0.6) is 0 Å². The van der Waals surface area contributed by atoms with Crippen LogP contribution in [-0.4, -0.2) is 34.3 Å². The third kappa shape index (κ3) is 5.65. The smallest absolute Gasteiger partial charge is 0.0610 e. The molecule has 3 unspecified atom stereocenters. The molecule has 2 nitrogen and oxygen atoms in total. The van der Waals surface area contributed by atoms with Crippen LogP contribution in [0.25, 0.3) is 0 Å². The zero-order valence-corrected chi connectivity index (χ0v) is 13.5. The highest BCUT2D eigenvalue weighted by atomic mass is 32.2. The van der Waals surface area contributed by atoms with Crippen LogP contribution in [0.3, 0.4) is 0 Å². The van der Waals surface area contributed by atoms with Gasteiger partial charge in [0.05, 0.1) is 6.61 Å². The second-order valence-corrected chi connectivity index (χ2v) is 8.41. The zero-order chi connectivity index (χ0) is 13.7. The van der Waals surface area contributed by atoms with Crippen LogP contribution in [0.2, 0.25) is 0 Å². The Hall–Kier alpha value is 0.270. The largest absolute Gasteiger partial charge is 0.394 e. The summed E-state index contributed by atoms with van der Waals surface area (Å²) >= 11 is 2.18. The first kappa shape index (κ1) is 15.7. The molecule has 2 aliphatic carbocycles. The summed E-state index contributed by atoms with van der Waals surface area (Å²) in [6.45, 7) is 4.85. The lowest BCUT2D eigenvalue weighted by molar-refractivity contribution is 0.163. The Bertz CT molecular complexity index is 269. The minimum Gasteiger partial charge on any atom is -0.394 e. The first-order valence-corrected chi connectivity index (χ1v) is 9.16. The van der Waals surface area contributed by atoms with Gasteiger partial charge in [-0.05, 0) is 57.1 Å². The Labute approximate surface area is 123 Å². The van der Waals surface area contributed by atoms with E-state index in [1.165, 1.54) is 50.7 Å². The van der Waals surface area contributed by atoms with Crippen molar-refractivity contribution in [2.24, 2.45) is 5.92 Å². The van der Waals surface area contributed by atoms with Gasteiger partial charge in [0, 0.05) is 16.8 Å². The molecular weight excluding hydrogens is 254 g/mol. The number of aliphatic hydroxyl groups excluding tert-OH is 1. The Morgan fingerprint density at radius 3 is 2.68 bits per heavy atom. The molecule has 0 radical (unpaired) electrons. The molecule has 2 fully saturated rings. The van der Waals surface area contributed by atoms with E-state index in [0.717, 1.165) is 17.6 Å². The van der Waals surface area contributed by atoms with E-state index in [4.69, 9.17) is 0 Å². The molecule has 0 heterocycles. The van der Waals surface area contributed by atoms with E-state index in [-0.39, 0.29) is 12.1 Å². The Morgan fingerprint density at radius 2 is 2.05 bits per heavy atom. The molecule has 0 spiro atoms. The molecule has 112 valence electrons. The van der Waals surface area contributed by atoms with Gasteiger partial charge in [-0.3, -0.25) is 0 Å². The zero-order valence-electron chi connectivity index (χ0n) is 12.7. The highest BCUT2D eigenvalue weighted by molar-refractivity contribution is 7.99. The van der Waals surface area contributed by atoms with Crippen molar-refractivity contribution in [2.75, 3.05) is 12.4 Å². The normalized spacial score (nSPS) is 31.1. The summed E-state index contributed by atoms with van der Waals surface area (Å²) < 4.78 is 0. The van der Waals surface area contributed by atoms with Crippen LogP contribution >= 0.6 is 11.8 Å². The summed E-state index contributed by atoms with van der Waals surface area (Å²) in [6, 6.07) is 0.684. The predicted octanol–water partition coefficient (Wildman–Crippen LogP) is 3.58. The van der Waals surface area contributed by atoms with E-state index in [9.17, 15) is 5.11 Å². The average molecular weight is 285 g/mol. The molecule has 0 bridgehead atoms. The van der Waals surface area contributed by atoms with Crippen molar-refractivity contribution in [3.63, 3.8) is 0 Å². The van der Waals surface area contributed by atoms with E-state index in [1.54, 1.807) is 0 Å². The Balaban J connectivity index is 1.59. The minimum atomic E-state index is -0.0401. The predicted molar refractivity (Wildman–Crippen MR) is 84.8 cm³/mol. The van der Waals surface area contributed by atoms with Gasteiger partial charge in [0.1, 0.15) is 0 Å². The molecule has 0 aromatic carbocycles. The third-order valence-corrected chi connectivity index (χ3v) is 6.02. The molecule has 2 N–H and O–H groups in total. The van der Waals surface area contributed by atoms with Gasteiger partial charge in [-0.1, -0.05) is 19.8 Å². The minimum absolute atomic E-state index is 0.0401. The molecular formula is C16H31NOS. The van der Waals surface area contributed by atoms with Gasteiger partial charge in [0.2, 0.25) is 0 Å². The second-order valence-electron chi connectivity index (χ2n) is 7.01. The number of rotatable bonds is 8. The molecule has 2 aliphatic rings. The standard InChI is InChI=1S/C16H31NOS/c1-13-5-3-6-15(11-13)19-10-4-9-16(2,12-18)17-14-7-8-14/h13-15,17-18H,3-12H2,1-2H3. The maximum atomic E-state index is 9.58. The average Bonchev–Trinajstić information content (AvgIpc) is 3.19. The van der Waals surface area contributed by atoms with Crippen LogP contribution in [-0.2, 0) is 0 Å². The van der Waals surface area contributed by atoms with Gasteiger partial charge < -0.3 is 10.4 Å². The summed E-state index contributed by atoms with van der Waals surface area (Å²) in [5.74, 6) is 2.20. The van der Waals surface area contributed by atoms with E-state index >= 15 is 0 Å². The van der Waals surface area contributed by atoms with Crippen LogP contribution in [0.4, 0.5) is 0 Å². The third-order valence-electron chi connectivity index (χ3n) is 4.59. The topological polar surface area (TPSA) is 32.3 Å². The van der Waals surface area contributed by atoms with Gasteiger partial charge in [0.15, 0.2) is 0 Å². The number of hydrogen-bond acceptors (Lipinski definition) is 3. The summed E-state index contributed by atoms with van der Waals surface area (Å²) in [6.07, 6.45) is 10.6. The van der Waals surface area contributed by atoms with E-state index in [0.29, 0.717) is 6.04 Å². The van der Waals surface area contributed by atoms with Crippen molar-refractivity contribution < 1.29 is 5.11 Å². The number of thioether (sulfide) groups is 1. The highest BCUT2D eigenvalue weighted by Crippen LogP contribution is 2.33. The lowest BCUT2D eigenvalue weighted by Crippen LogP contribution is -2.47. The highest BCUT2D eigenvalue weighted by Gasteiger charge is 2.31. The molecule has 0 aromatic rings. The lowest BCUT2D eigenvalue weighted by Gasteiger charge is -2.30. The molecule has 0 aromatic heterocycles. The van der Waals surface area contributed by atoms with Crippen LogP contribution in [0, 0.1) is 5.92 Å². The lowest BCUT2D eigenvalue weighted by atomic mass is 9.91. The van der Waals surface area contributed by atoms with E-state index in [1.807, 2.05) is 0 Å². The number of aliphatic hydroxyl groups is 1. The monoisotopic (exact) mass is 285 g/mol. The molecule has 3 heteroatoms. The van der Waals surface area contributed by atoms with Gasteiger partial charge in [-0.15, -0.1) is 0 Å². The first-order valence-electron chi connectivity index (χ1n) is 8.11. The van der Waals surface area contributed by atoms with Crippen molar-refractivity contribution in [1.29, 1.82) is 0 Å². The fourth-order valence-corrected chi connectivity index (χ4v) is 4.60. The number of hydrogen-bond donors (Lipinski definition) is 2. The van der Waals surface area contributed by atoms with Crippen molar-refractivity contribution in [3.05, 3.63) is 0 Å². The van der Waals surface area contributed by atoms with Gasteiger partial charge in [0.25, 0.3) is 0 Å².